The van der Waals surface area contributed by atoms with E-state index in [2.05, 4.69) is 39.4 Å². The number of amides is 1. The van der Waals surface area contributed by atoms with Gasteiger partial charge in [0, 0.05) is 26.2 Å². The van der Waals surface area contributed by atoms with Gasteiger partial charge >= 0.3 is 0 Å². The first-order chi connectivity index (χ1) is 15.2. The first-order valence-electron chi connectivity index (χ1n) is 11.7. The molecular weight excluding hydrogens is 389 g/mol. The molecule has 0 spiro atoms. The number of hydrogen-bond donors (Lipinski definition) is 1. The van der Waals surface area contributed by atoms with Crippen LogP contribution in [-0.4, -0.2) is 41.9 Å². The van der Waals surface area contributed by atoms with E-state index in [0.29, 0.717) is 6.54 Å². The van der Waals surface area contributed by atoms with Gasteiger partial charge in [0.1, 0.15) is 5.82 Å². The van der Waals surface area contributed by atoms with Gasteiger partial charge in [0.2, 0.25) is 5.91 Å². The van der Waals surface area contributed by atoms with Crippen LogP contribution in [0.1, 0.15) is 48.8 Å². The number of piperidine rings is 2. The van der Waals surface area contributed by atoms with E-state index in [4.69, 9.17) is 0 Å². The van der Waals surface area contributed by atoms with Gasteiger partial charge in [-0.3, -0.25) is 14.6 Å². The van der Waals surface area contributed by atoms with E-state index in [1.165, 1.54) is 50.0 Å². The summed E-state index contributed by atoms with van der Waals surface area (Å²) in [5.74, 6) is -0.0482. The van der Waals surface area contributed by atoms with Gasteiger partial charge in [-0.15, -0.1) is 0 Å². The molecule has 1 amide bonds. The van der Waals surface area contributed by atoms with Gasteiger partial charge < -0.3 is 5.32 Å². The number of nitrogens with one attached hydrogen (secondary N) is 1. The summed E-state index contributed by atoms with van der Waals surface area (Å²) in [5.41, 5.74) is 3.59. The SMILES string of the molecule is O=C(NCc1ccc(CN2CCCCC2)cc1)[C@@H]1CCCN(Cc2ccc(F)cc2)C1. The van der Waals surface area contributed by atoms with Gasteiger partial charge in [0.15, 0.2) is 0 Å². The van der Waals surface area contributed by atoms with Crippen molar-refractivity contribution in [3.05, 3.63) is 71.0 Å². The third-order valence-corrected chi connectivity index (χ3v) is 6.54. The minimum atomic E-state index is -0.209. The lowest BCUT2D eigenvalue weighted by molar-refractivity contribution is -0.126. The summed E-state index contributed by atoms with van der Waals surface area (Å²) in [6.07, 6.45) is 5.93. The number of benzene rings is 2. The molecule has 0 aliphatic carbocycles. The highest BCUT2D eigenvalue weighted by molar-refractivity contribution is 5.79. The Morgan fingerprint density at radius 2 is 1.39 bits per heavy atom. The third kappa shape index (κ3) is 6.62. The van der Waals surface area contributed by atoms with Crippen LogP contribution < -0.4 is 5.32 Å². The van der Waals surface area contributed by atoms with Crippen molar-refractivity contribution in [3.8, 4) is 0 Å². The molecule has 2 aromatic carbocycles. The Morgan fingerprint density at radius 1 is 0.806 bits per heavy atom. The lowest BCUT2D eigenvalue weighted by Gasteiger charge is -2.32. The fourth-order valence-corrected chi connectivity index (χ4v) is 4.73. The van der Waals surface area contributed by atoms with E-state index in [9.17, 15) is 9.18 Å². The number of carbonyl (C=O) groups excluding carboxylic acids is 1. The summed E-state index contributed by atoms with van der Waals surface area (Å²) in [7, 11) is 0. The van der Waals surface area contributed by atoms with Gasteiger partial charge in [-0.1, -0.05) is 42.8 Å². The molecule has 166 valence electrons. The number of rotatable bonds is 7. The van der Waals surface area contributed by atoms with Crippen molar-refractivity contribution in [2.75, 3.05) is 26.2 Å². The minimum absolute atomic E-state index is 0.0209. The summed E-state index contributed by atoms with van der Waals surface area (Å²) in [5, 5.41) is 3.14. The molecule has 5 heteroatoms. The third-order valence-electron chi connectivity index (χ3n) is 6.54. The highest BCUT2D eigenvalue weighted by Gasteiger charge is 2.25. The minimum Gasteiger partial charge on any atom is -0.352 e. The van der Waals surface area contributed by atoms with Gasteiger partial charge in [0.25, 0.3) is 0 Å². The molecule has 0 saturated carbocycles. The van der Waals surface area contributed by atoms with Crippen molar-refractivity contribution < 1.29 is 9.18 Å². The van der Waals surface area contributed by atoms with E-state index in [0.717, 1.165) is 50.1 Å². The quantitative estimate of drug-likeness (QED) is 0.720. The molecule has 4 rings (SSSR count). The van der Waals surface area contributed by atoms with Crippen LogP contribution in [0.3, 0.4) is 0 Å². The van der Waals surface area contributed by atoms with Crippen molar-refractivity contribution in [1.82, 2.24) is 15.1 Å². The molecule has 4 nitrogen and oxygen atoms in total. The van der Waals surface area contributed by atoms with Crippen molar-refractivity contribution in [2.45, 2.75) is 51.7 Å². The Kier molecular flexibility index (Phi) is 7.71. The average Bonchev–Trinajstić information content (AvgIpc) is 2.81. The van der Waals surface area contributed by atoms with Crippen LogP contribution in [0.15, 0.2) is 48.5 Å². The van der Waals surface area contributed by atoms with Gasteiger partial charge in [-0.25, -0.2) is 4.39 Å². The molecule has 1 atom stereocenters. The van der Waals surface area contributed by atoms with E-state index in [1.807, 2.05) is 12.1 Å². The van der Waals surface area contributed by atoms with Crippen LogP contribution in [0.25, 0.3) is 0 Å². The second kappa shape index (κ2) is 10.9. The molecule has 2 saturated heterocycles. The summed E-state index contributed by atoms with van der Waals surface area (Å²) in [4.78, 5) is 17.6. The number of halogens is 1. The monoisotopic (exact) mass is 423 g/mol. The van der Waals surface area contributed by atoms with Crippen LogP contribution >= 0.6 is 0 Å². The molecule has 2 aliphatic heterocycles. The highest BCUT2D eigenvalue weighted by atomic mass is 19.1. The zero-order valence-electron chi connectivity index (χ0n) is 18.4. The Morgan fingerprint density at radius 3 is 2.10 bits per heavy atom. The smallest absolute Gasteiger partial charge is 0.224 e. The fraction of sp³-hybridized carbons (Fsp3) is 0.500. The van der Waals surface area contributed by atoms with Crippen molar-refractivity contribution in [1.29, 1.82) is 0 Å². The van der Waals surface area contributed by atoms with Gasteiger partial charge in [-0.2, -0.15) is 0 Å². The molecule has 0 aromatic heterocycles. The lowest BCUT2D eigenvalue weighted by atomic mass is 9.96. The number of carbonyl (C=O) groups is 1. The Hall–Kier alpha value is -2.24. The predicted octanol–water partition coefficient (Wildman–Crippen LogP) is 4.34. The van der Waals surface area contributed by atoms with Crippen LogP contribution in [0.2, 0.25) is 0 Å². The topological polar surface area (TPSA) is 35.6 Å². The molecule has 2 aliphatic rings. The maximum atomic E-state index is 13.1. The Balaban J connectivity index is 1.22. The molecule has 2 heterocycles. The molecule has 0 radical (unpaired) electrons. The molecular formula is C26H34FN3O. The molecule has 0 unspecified atom stereocenters. The zero-order valence-corrected chi connectivity index (χ0v) is 18.4. The van der Waals surface area contributed by atoms with Gasteiger partial charge in [-0.05, 0) is 74.1 Å². The molecule has 0 bridgehead atoms. The van der Waals surface area contributed by atoms with E-state index >= 15 is 0 Å². The Bertz CT molecular complexity index is 831. The maximum absolute atomic E-state index is 13.1. The summed E-state index contributed by atoms with van der Waals surface area (Å²) in [6, 6.07) is 15.3. The summed E-state index contributed by atoms with van der Waals surface area (Å²) < 4.78 is 13.1. The van der Waals surface area contributed by atoms with Crippen molar-refractivity contribution >= 4 is 5.91 Å². The van der Waals surface area contributed by atoms with Gasteiger partial charge in [0.05, 0.1) is 5.92 Å². The predicted molar refractivity (Wildman–Crippen MR) is 122 cm³/mol. The van der Waals surface area contributed by atoms with Crippen molar-refractivity contribution in [2.24, 2.45) is 5.92 Å². The molecule has 2 aromatic rings. The van der Waals surface area contributed by atoms with Crippen LogP contribution in [-0.2, 0) is 24.4 Å². The lowest BCUT2D eigenvalue weighted by Crippen LogP contribution is -2.42. The zero-order chi connectivity index (χ0) is 21.5. The second-order valence-electron chi connectivity index (χ2n) is 9.07. The van der Waals surface area contributed by atoms with Crippen molar-refractivity contribution in [3.63, 3.8) is 0 Å². The first-order valence-corrected chi connectivity index (χ1v) is 11.7. The average molecular weight is 424 g/mol. The molecule has 2 fully saturated rings. The van der Waals surface area contributed by atoms with E-state index in [1.54, 1.807) is 0 Å². The number of nitrogens with zero attached hydrogens (tertiary/aromatic N) is 2. The highest BCUT2D eigenvalue weighted by Crippen LogP contribution is 2.19. The van der Waals surface area contributed by atoms with Crippen LogP contribution in [0, 0.1) is 11.7 Å². The second-order valence-corrected chi connectivity index (χ2v) is 9.07. The van der Waals surface area contributed by atoms with E-state index < -0.39 is 0 Å². The van der Waals surface area contributed by atoms with Crippen LogP contribution in [0.4, 0.5) is 4.39 Å². The fourth-order valence-electron chi connectivity index (χ4n) is 4.73. The molecule has 1 N–H and O–H groups in total. The molecule has 31 heavy (non-hydrogen) atoms. The van der Waals surface area contributed by atoms with E-state index in [-0.39, 0.29) is 17.6 Å². The largest absolute Gasteiger partial charge is 0.352 e. The normalized spacial score (nSPS) is 20.5. The first kappa shape index (κ1) is 22.0. The van der Waals surface area contributed by atoms with Crippen LogP contribution in [0.5, 0.6) is 0 Å². The number of hydrogen-bond acceptors (Lipinski definition) is 3. The number of likely N-dealkylation sites (tertiary alicyclic amines) is 2. The Labute approximate surface area is 185 Å². The maximum Gasteiger partial charge on any atom is 0.224 e. The standard InChI is InChI=1S/C26H34FN3O/c27-25-12-10-23(11-13-25)19-30-16-4-5-24(20-30)26(31)28-17-21-6-8-22(9-7-21)18-29-14-2-1-3-15-29/h6-13,24H,1-5,14-20H2,(H,28,31)/t24-/m1/s1. The summed E-state index contributed by atoms with van der Waals surface area (Å²) in [6.45, 7) is 6.53. The summed E-state index contributed by atoms with van der Waals surface area (Å²) >= 11 is 0.